The number of thioether (sulfide) groups is 1. The van der Waals surface area contributed by atoms with Crippen molar-refractivity contribution < 1.29 is 9.21 Å². The van der Waals surface area contributed by atoms with E-state index in [2.05, 4.69) is 63.3 Å². The minimum atomic E-state index is -0.142. The van der Waals surface area contributed by atoms with Crippen LogP contribution < -0.4 is 5.32 Å². The lowest BCUT2D eigenvalue weighted by Gasteiger charge is -2.10. The Morgan fingerprint density at radius 1 is 1.28 bits per heavy atom. The molecule has 6 nitrogen and oxygen atoms in total. The molecule has 0 spiro atoms. The fourth-order valence-corrected chi connectivity index (χ4v) is 5.20. The third-order valence-corrected chi connectivity index (χ3v) is 5.91. The summed E-state index contributed by atoms with van der Waals surface area (Å²) in [5, 5.41) is 11.7. The first kappa shape index (κ1) is 18.7. The number of benzene rings is 1. The quantitative estimate of drug-likeness (QED) is 0.448. The summed E-state index contributed by atoms with van der Waals surface area (Å²) in [5.41, 5.74) is 0.683. The molecule has 1 aromatic carbocycles. The largest absolute Gasteiger partial charge is 0.461 e. The van der Waals surface area contributed by atoms with Crippen LogP contribution in [0, 0.1) is 0 Å². The maximum absolute atomic E-state index is 12.3. The number of hydrogen-bond donors (Lipinski definition) is 1. The number of carbonyl (C=O) groups excluding carboxylic acids is 1. The summed E-state index contributed by atoms with van der Waals surface area (Å²) in [5.74, 6) is 1.32. The summed E-state index contributed by atoms with van der Waals surface area (Å²) in [6.45, 7) is 0. The van der Waals surface area contributed by atoms with Gasteiger partial charge in [-0.05, 0) is 56.1 Å². The number of furan rings is 1. The lowest BCUT2D eigenvalue weighted by molar-refractivity contribution is -0.113. The molecule has 25 heavy (non-hydrogen) atoms. The number of nitrogens with one attached hydrogen (secondary N) is 1. The molecule has 0 aliphatic rings. The van der Waals surface area contributed by atoms with Crippen LogP contribution >= 0.6 is 59.6 Å². The molecule has 0 bridgehead atoms. The third-order valence-electron chi connectivity index (χ3n) is 3.18. The molecule has 0 saturated carbocycles. The molecule has 2 aromatic heterocycles. The van der Waals surface area contributed by atoms with Crippen LogP contribution in [0.25, 0.3) is 11.6 Å². The van der Waals surface area contributed by atoms with Crippen molar-refractivity contribution in [1.29, 1.82) is 0 Å². The van der Waals surface area contributed by atoms with Crippen molar-refractivity contribution in [2.75, 3.05) is 11.1 Å². The molecule has 0 unspecified atom stereocenters. The van der Waals surface area contributed by atoms with Crippen LogP contribution in [0.5, 0.6) is 0 Å². The smallest absolute Gasteiger partial charge is 0.234 e. The molecule has 0 atom stereocenters. The monoisotopic (exact) mass is 548 g/mol. The maximum Gasteiger partial charge on any atom is 0.234 e. The molecule has 10 heteroatoms. The van der Waals surface area contributed by atoms with E-state index in [9.17, 15) is 4.79 Å². The van der Waals surface area contributed by atoms with E-state index >= 15 is 0 Å². The number of anilines is 1. The van der Waals surface area contributed by atoms with E-state index in [0.717, 1.165) is 13.4 Å². The molecule has 0 saturated heterocycles. The lowest BCUT2D eigenvalue weighted by atomic mass is 10.3. The summed E-state index contributed by atoms with van der Waals surface area (Å²) < 4.78 is 9.59. The Labute approximate surface area is 173 Å². The molecule has 130 valence electrons. The molecule has 1 N–H and O–H groups in total. The van der Waals surface area contributed by atoms with Gasteiger partial charge in [-0.3, -0.25) is 4.79 Å². The molecule has 1 amide bonds. The molecule has 3 aromatic rings. The van der Waals surface area contributed by atoms with Gasteiger partial charge in [-0.15, -0.1) is 10.2 Å². The number of hydrogen-bond acceptors (Lipinski definition) is 5. The van der Waals surface area contributed by atoms with Gasteiger partial charge in [-0.1, -0.05) is 27.7 Å². The summed E-state index contributed by atoms with van der Waals surface area (Å²) in [7, 11) is 1.83. The van der Waals surface area contributed by atoms with Crippen LogP contribution in [-0.2, 0) is 11.8 Å². The van der Waals surface area contributed by atoms with Gasteiger partial charge in [-0.2, -0.15) is 0 Å². The number of aromatic nitrogens is 3. The van der Waals surface area contributed by atoms with Gasteiger partial charge in [0.1, 0.15) is 0 Å². The Bertz CT molecular complexity index is 889. The number of halogens is 3. The molecule has 0 radical (unpaired) electrons. The predicted molar refractivity (Wildman–Crippen MR) is 108 cm³/mol. The molecule has 0 aliphatic carbocycles. The average molecular weight is 551 g/mol. The van der Waals surface area contributed by atoms with Gasteiger partial charge >= 0.3 is 0 Å². The van der Waals surface area contributed by atoms with Crippen LogP contribution in [0.4, 0.5) is 5.69 Å². The van der Waals surface area contributed by atoms with Gasteiger partial charge in [0.15, 0.2) is 16.7 Å². The number of rotatable bonds is 5. The number of nitrogens with zero attached hydrogens (tertiary/aromatic N) is 3. The Hall–Kier alpha value is -1.10. The zero-order valence-electron chi connectivity index (χ0n) is 12.8. The van der Waals surface area contributed by atoms with Crippen molar-refractivity contribution in [2.24, 2.45) is 7.05 Å². The summed E-state index contributed by atoms with van der Waals surface area (Å²) in [6, 6.07) is 7.34. The minimum Gasteiger partial charge on any atom is -0.461 e. The zero-order chi connectivity index (χ0) is 18.0. The first-order chi connectivity index (χ1) is 12.0. The predicted octanol–water partition coefficient (Wildman–Crippen LogP) is 5.09. The van der Waals surface area contributed by atoms with Crippen LogP contribution in [0.15, 0.2) is 53.5 Å². The topological polar surface area (TPSA) is 73.0 Å². The molecule has 3 rings (SSSR count). The SMILES string of the molecule is Cn1c(SCC(=O)Nc2c(Br)cc(Br)cc2Br)nnc1-c1ccco1. The Kier molecular flexibility index (Phi) is 6.03. The van der Waals surface area contributed by atoms with E-state index in [1.807, 2.05) is 25.2 Å². The highest BCUT2D eigenvalue weighted by Crippen LogP contribution is 2.34. The highest BCUT2D eigenvalue weighted by molar-refractivity contribution is 9.11. The fraction of sp³-hybridized carbons (Fsp3) is 0.133. The molecule has 0 aliphatic heterocycles. The first-order valence-electron chi connectivity index (χ1n) is 6.96. The fourth-order valence-electron chi connectivity index (χ4n) is 2.03. The average Bonchev–Trinajstić information content (AvgIpc) is 3.18. The summed E-state index contributed by atoms with van der Waals surface area (Å²) in [6.07, 6.45) is 1.58. The van der Waals surface area contributed by atoms with Gasteiger partial charge in [0.05, 0.1) is 17.7 Å². The van der Waals surface area contributed by atoms with Crippen molar-refractivity contribution in [2.45, 2.75) is 5.16 Å². The second kappa shape index (κ2) is 8.07. The van der Waals surface area contributed by atoms with E-state index in [1.165, 1.54) is 11.8 Å². The van der Waals surface area contributed by atoms with Crippen LogP contribution in [0.2, 0.25) is 0 Å². The van der Waals surface area contributed by atoms with E-state index in [1.54, 1.807) is 16.9 Å². The highest BCUT2D eigenvalue weighted by Gasteiger charge is 2.16. The zero-order valence-corrected chi connectivity index (χ0v) is 18.4. The van der Waals surface area contributed by atoms with Gasteiger partial charge < -0.3 is 14.3 Å². The molecule has 2 heterocycles. The normalized spacial score (nSPS) is 10.9. The maximum atomic E-state index is 12.3. The van der Waals surface area contributed by atoms with Gasteiger partial charge in [0.2, 0.25) is 5.91 Å². The van der Waals surface area contributed by atoms with Crippen molar-refractivity contribution in [3.63, 3.8) is 0 Å². The van der Waals surface area contributed by atoms with Crippen molar-refractivity contribution in [1.82, 2.24) is 14.8 Å². The second-order valence-corrected chi connectivity index (χ2v) is 8.49. The van der Waals surface area contributed by atoms with E-state index in [4.69, 9.17) is 4.42 Å². The Balaban J connectivity index is 1.66. The standard InChI is InChI=1S/C15H11Br3N4O2S/c1-22-14(11-3-2-4-24-11)20-21-15(22)25-7-12(23)19-13-9(17)5-8(16)6-10(13)18/h2-6H,7H2,1H3,(H,19,23). The van der Waals surface area contributed by atoms with Crippen LogP contribution in [0.1, 0.15) is 0 Å². The Morgan fingerprint density at radius 2 is 2.00 bits per heavy atom. The summed E-state index contributed by atoms with van der Waals surface area (Å²) in [4.78, 5) is 12.3. The molecular formula is C15H11Br3N4O2S. The van der Waals surface area contributed by atoms with E-state index in [-0.39, 0.29) is 11.7 Å². The lowest BCUT2D eigenvalue weighted by Crippen LogP contribution is -2.15. The van der Waals surface area contributed by atoms with Crippen LogP contribution in [0.3, 0.4) is 0 Å². The summed E-state index contributed by atoms with van der Waals surface area (Å²) >= 11 is 11.6. The van der Waals surface area contributed by atoms with Gasteiger partial charge in [0.25, 0.3) is 0 Å². The highest BCUT2D eigenvalue weighted by atomic mass is 79.9. The van der Waals surface area contributed by atoms with E-state index in [0.29, 0.717) is 22.4 Å². The van der Waals surface area contributed by atoms with Crippen molar-refractivity contribution in [3.8, 4) is 11.6 Å². The first-order valence-corrected chi connectivity index (χ1v) is 10.3. The van der Waals surface area contributed by atoms with Crippen molar-refractivity contribution in [3.05, 3.63) is 43.9 Å². The van der Waals surface area contributed by atoms with Crippen molar-refractivity contribution >= 4 is 71.1 Å². The van der Waals surface area contributed by atoms with Gasteiger partial charge in [0, 0.05) is 20.5 Å². The molecule has 0 fully saturated rings. The number of carbonyl (C=O) groups is 1. The van der Waals surface area contributed by atoms with Crippen LogP contribution in [-0.4, -0.2) is 26.4 Å². The number of amides is 1. The minimum absolute atomic E-state index is 0.142. The van der Waals surface area contributed by atoms with Gasteiger partial charge in [-0.25, -0.2) is 0 Å². The Morgan fingerprint density at radius 3 is 2.64 bits per heavy atom. The van der Waals surface area contributed by atoms with E-state index < -0.39 is 0 Å². The second-order valence-electron chi connectivity index (χ2n) is 4.92. The molecular weight excluding hydrogens is 540 g/mol. The third kappa shape index (κ3) is 4.36.